The van der Waals surface area contributed by atoms with E-state index >= 15 is 0 Å². The Morgan fingerprint density at radius 1 is 1.29 bits per heavy atom. The molecule has 0 aromatic heterocycles. The van der Waals surface area contributed by atoms with E-state index in [0.29, 0.717) is 11.3 Å². The maximum Gasteiger partial charge on any atom is 0.145 e. The fourth-order valence-corrected chi connectivity index (χ4v) is 4.51. The average Bonchev–Trinajstić information content (AvgIpc) is 2.33. The number of rotatable bonds is 5. The molecule has 0 amide bonds. The van der Waals surface area contributed by atoms with Crippen LogP contribution in [0.1, 0.15) is 51.5 Å². The predicted octanol–water partition coefficient (Wildman–Crippen LogP) is 4.93. The van der Waals surface area contributed by atoms with E-state index in [0.717, 1.165) is 31.5 Å². The van der Waals surface area contributed by atoms with Crippen LogP contribution in [0.3, 0.4) is 0 Å². The zero-order valence-electron chi connectivity index (χ0n) is 13.0. The minimum absolute atomic E-state index is 0.0513. The molecule has 1 spiro atoms. The third-order valence-electron chi connectivity index (χ3n) is 5.38. The lowest BCUT2D eigenvalue weighted by molar-refractivity contribution is -0.0498. The van der Waals surface area contributed by atoms with Crippen molar-refractivity contribution in [2.24, 2.45) is 11.3 Å². The molecule has 2 aliphatic rings. The van der Waals surface area contributed by atoms with Crippen molar-refractivity contribution >= 4 is 11.6 Å². The summed E-state index contributed by atoms with van der Waals surface area (Å²) < 4.78 is 14.5. The Kier molecular flexibility index (Phi) is 4.04. The van der Waals surface area contributed by atoms with Crippen LogP contribution in [-0.4, -0.2) is 13.1 Å². The lowest BCUT2D eigenvalue weighted by Gasteiger charge is -2.61. The quantitative estimate of drug-likeness (QED) is 0.813. The Bertz CT molecular complexity index is 514. The Morgan fingerprint density at radius 2 is 2.00 bits per heavy atom. The van der Waals surface area contributed by atoms with Gasteiger partial charge in [0.25, 0.3) is 0 Å². The largest absolute Gasteiger partial charge is 0.316 e. The summed E-state index contributed by atoms with van der Waals surface area (Å²) in [6, 6.07) is 5.47. The van der Waals surface area contributed by atoms with E-state index in [1.54, 1.807) is 6.07 Å². The van der Waals surface area contributed by atoms with Gasteiger partial charge < -0.3 is 5.32 Å². The molecule has 2 aliphatic carbocycles. The summed E-state index contributed by atoms with van der Waals surface area (Å²) in [5, 5.41) is 3.80. The zero-order chi connectivity index (χ0) is 15.1. The number of hydrogen-bond donors (Lipinski definition) is 1. The lowest BCUT2D eigenvalue weighted by Crippen LogP contribution is -2.57. The molecular weight excluding hydrogens is 285 g/mol. The predicted molar refractivity (Wildman–Crippen MR) is 86.3 cm³/mol. The molecule has 116 valence electrons. The molecule has 1 N–H and O–H groups in total. The monoisotopic (exact) mass is 309 g/mol. The Balaban J connectivity index is 1.81. The maximum absolute atomic E-state index is 14.5. The normalized spacial score (nSPS) is 22.1. The topological polar surface area (TPSA) is 12.0 Å². The van der Waals surface area contributed by atoms with Crippen molar-refractivity contribution in [1.29, 1.82) is 0 Å². The van der Waals surface area contributed by atoms with Crippen molar-refractivity contribution in [2.45, 2.75) is 51.4 Å². The standard InChI is InChI=1S/C18H25ClFN/c1-13(2)9-21-12-18(10-17(11-18)7-4-8-17)14-5-3-6-15(19)16(14)20/h3,5-6,13,21H,4,7-12H2,1-2H3. The van der Waals surface area contributed by atoms with Crippen LogP contribution < -0.4 is 5.32 Å². The highest BCUT2D eigenvalue weighted by Crippen LogP contribution is 2.65. The van der Waals surface area contributed by atoms with E-state index in [9.17, 15) is 4.39 Å². The molecule has 0 unspecified atom stereocenters. The van der Waals surface area contributed by atoms with Gasteiger partial charge in [0.2, 0.25) is 0 Å². The van der Waals surface area contributed by atoms with Gasteiger partial charge in [-0.3, -0.25) is 0 Å². The van der Waals surface area contributed by atoms with Crippen molar-refractivity contribution in [3.8, 4) is 0 Å². The van der Waals surface area contributed by atoms with Crippen LogP contribution in [0.2, 0.25) is 5.02 Å². The molecule has 0 radical (unpaired) electrons. The van der Waals surface area contributed by atoms with Crippen molar-refractivity contribution in [1.82, 2.24) is 5.32 Å². The van der Waals surface area contributed by atoms with Crippen LogP contribution in [0.15, 0.2) is 18.2 Å². The second kappa shape index (κ2) is 5.55. The molecule has 2 saturated carbocycles. The summed E-state index contributed by atoms with van der Waals surface area (Å²) in [6.07, 6.45) is 6.21. The van der Waals surface area contributed by atoms with Crippen LogP contribution in [0, 0.1) is 17.2 Å². The fraction of sp³-hybridized carbons (Fsp3) is 0.667. The second-order valence-corrected chi connectivity index (χ2v) is 8.02. The highest BCUT2D eigenvalue weighted by molar-refractivity contribution is 6.30. The van der Waals surface area contributed by atoms with Gasteiger partial charge in [-0.1, -0.05) is 44.0 Å². The first-order chi connectivity index (χ1) is 9.96. The first-order valence-electron chi connectivity index (χ1n) is 8.12. The smallest absolute Gasteiger partial charge is 0.145 e. The van der Waals surface area contributed by atoms with Gasteiger partial charge in [-0.15, -0.1) is 0 Å². The molecule has 21 heavy (non-hydrogen) atoms. The molecule has 3 rings (SSSR count). The fourth-order valence-electron chi connectivity index (χ4n) is 4.34. The third-order valence-corrected chi connectivity index (χ3v) is 5.67. The van der Waals surface area contributed by atoms with E-state index in [1.807, 2.05) is 12.1 Å². The molecule has 2 fully saturated rings. The minimum Gasteiger partial charge on any atom is -0.316 e. The first kappa shape index (κ1) is 15.3. The van der Waals surface area contributed by atoms with Crippen molar-refractivity contribution in [2.75, 3.05) is 13.1 Å². The lowest BCUT2D eigenvalue weighted by atomic mass is 9.43. The number of hydrogen-bond acceptors (Lipinski definition) is 1. The van der Waals surface area contributed by atoms with Gasteiger partial charge in [-0.25, -0.2) is 4.39 Å². The highest BCUT2D eigenvalue weighted by atomic mass is 35.5. The highest BCUT2D eigenvalue weighted by Gasteiger charge is 2.58. The number of benzene rings is 1. The van der Waals surface area contributed by atoms with Crippen LogP contribution in [-0.2, 0) is 5.41 Å². The first-order valence-corrected chi connectivity index (χ1v) is 8.49. The average molecular weight is 310 g/mol. The summed E-state index contributed by atoms with van der Waals surface area (Å²) in [5.74, 6) is 0.406. The minimum atomic E-state index is -0.209. The summed E-state index contributed by atoms with van der Waals surface area (Å²) >= 11 is 6.01. The molecule has 0 heterocycles. The zero-order valence-corrected chi connectivity index (χ0v) is 13.8. The molecule has 0 bridgehead atoms. The third kappa shape index (κ3) is 2.73. The van der Waals surface area contributed by atoms with Crippen LogP contribution in [0.25, 0.3) is 0 Å². The SMILES string of the molecule is CC(C)CNCC1(c2cccc(Cl)c2F)CC2(CCC2)C1. The van der Waals surface area contributed by atoms with Crippen molar-refractivity contribution in [3.05, 3.63) is 34.6 Å². The molecule has 0 aliphatic heterocycles. The van der Waals surface area contributed by atoms with Crippen molar-refractivity contribution in [3.63, 3.8) is 0 Å². The van der Waals surface area contributed by atoms with E-state index in [4.69, 9.17) is 11.6 Å². The van der Waals surface area contributed by atoms with Gasteiger partial charge in [0.05, 0.1) is 5.02 Å². The second-order valence-electron chi connectivity index (χ2n) is 7.61. The van der Waals surface area contributed by atoms with E-state index in [1.165, 1.54) is 19.3 Å². The molecule has 0 atom stereocenters. The molecular formula is C18H25ClFN. The van der Waals surface area contributed by atoms with Gasteiger partial charge in [-0.05, 0) is 55.2 Å². The number of nitrogens with one attached hydrogen (secondary N) is 1. The molecule has 3 heteroatoms. The maximum atomic E-state index is 14.5. The molecule has 1 aromatic rings. The molecule has 0 saturated heterocycles. The Morgan fingerprint density at radius 3 is 2.57 bits per heavy atom. The van der Waals surface area contributed by atoms with Gasteiger partial charge in [0.1, 0.15) is 5.82 Å². The summed E-state index contributed by atoms with van der Waals surface area (Å²) in [5.41, 5.74) is 1.28. The van der Waals surface area contributed by atoms with Crippen LogP contribution >= 0.6 is 11.6 Å². The van der Waals surface area contributed by atoms with E-state index in [-0.39, 0.29) is 16.3 Å². The van der Waals surface area contributed by atoms with E-state index in [2.05, 4.69) is 19.2 Å². The van der Waals surface area contributed by atoms with Gasteiger partial charge in [0, 0.05) is 12.0 Å². The summed E-state index contributed by atoms with van der Waals surface area (Å²) in [7, 11) is 0. The molecule has 1 nitrogen and oxygen atoms in total. The van der Waals surface area contributed by atoms with E-state index < -0.39 is 0 Å². The van der Waals surface area contributed by atoms with Gasteiger partial charge in [-0.2, -0.15) is 0 Å². The molecule has 1 aromatic carbocycles. The van der Waals surface area contributed by atoms with Crippen LogP contribution in [0.5, 0.6) is 0 Å². The van der Waals surface area contributed by atoms with Crippen molar-refractivity contribution < 1.29 is 4.39 Å². The van der Waals surface area contributed by atoms with Crippen LogP contribution in [0.4, 0.5) is 4.39 Å². The number of halogens is 2. The summed E-state index contributed by atoms with van der Waals surface area (Å²) in [6.45, 7) is 6.25. The summed E-state index contributed by atoms with van der Waals surface area (Å²) in [4.78, 5) is 0. The Hall–Kier alpha value is -0.600. The van der Waals surface area contributed by atoms with Gasteiger partial charge in [0.15, 0.2) is 0 Å². The Labute approximate surface area is 132 Å². The van der Waals surface area contributed by atoms with Gasteiger partial charge >= 0.3 is 0 Å².